The number of aryl methyl sites for hydroxylation is 1. The topological polar surface area (TPSA) is 111 Å². The summed E-state index contributed by atoms with van der Waals surface area (Å²) in [5.74, 6) is -1.22. The average molecular weight is 789 g/mol. The van der Waals surface area contributed by atoms with Gasteiger partial charge in [0.1, 0.15) is 22.9 Å². The first-order chi connectivity index (χ1) is 28.3. The van der Waals surface area contributed by atoms with Crippen molar-refractivity contribution in [3.8, 4) is 0 Å². The fourth-order valence-corrected chi connectivity index (χ4v) is 8.28. The summed E-state index contributed by atoms with van der Waals surface area (Å²) in [4.78, 5) is 30.6. The Kier molecular flexibility index (Phi) is 10.9. The molecule has 10 heteroatoms. The highest BCUT2D eigenvalue weighted by molar-refractivity contribution is 7.86. The molecule has 2 aliphatic rings. The lowest BCUT2D eigenvalue weighted by Crippen LogP contribution is -2.74. The lowest BCUT2D eigenvalue weighted by atomic mass is 9.75. The number of rotatable bonds is 13. The second kappa shape index (κ2) is 16.5. The predicted octanol–water partition coefficient (Wildman–Crippen LogP) is 7.95. The van der Waals surface area contributed by atoms with Gasteiger partial charge in [-0.25, -0.2) is 4.79 Å². The van der Waals surface area contributed by atoms with Gasteiger partial charge in [-0.2, -0.15) is 8.42 Å². The first kappa shape index (κ1) is 38.3. The van der Waals surface area contributed by atoms with Gasteiger partial charge in [-0.3, -0.25) is 15.0 Å². The number of ether oxygens (including phenoxy) is 2. The number of nitrogens with one attached hydrogen (secondary N) is 1. The number of β-lactam (4-membered cyclic amide) rings is 1. The van der Waals surface area contributed by atoms with E-state index in [9.17, 15) is 18.0 Å². The maximum absolute atomic E-state index is 14.7. The summed E-state index contributed by atoms with van der Waals surface area (Å²) in [6.07, 6.45) is 0.569. The summed E-state index contributed by atoms with van der Waals surface area (Å²) in [5, 5.41) is 3.70. The first-order valence-corrected chi connectivity index (χ1v) is 20.3. The SMILES string of the molecule is Cc1ccc(S(=O)(=O)OC=CC2=C(C(=O)OC(c3ccccc3)c3ccccc3)N3C(=O)C(NC(c4ccccc4)(c4ccccc4)c4ccccc4)C3OC2)cc1. The van der Waals surface area contributed by atoms with Gasteiger partial charge in [0, 0.05) is 5.57 Å². The summed E-state index contributed by atoms with van der Waals surface area (Å²) < 4.78 is 44.1. The molecule has 9 nitrogen and oxygen atoms in total. The van der Waals surface area contributed by atoms with Gasteiger partial charge in [-0.1, -0.05) is 169 Å². The summed E-state index contributed by atoms with van der Waals surface area (Å²) in [7, 11) is -4.19. The molecule has 0 aliphatic carbocycles. The van der Waals surface area contributed by atoms with Gasteiger partial charge in [0.25, 0.3) is 5.91 Å². The maximum atomic E-state index is 14.7. The van der Waals surface area contributed by atoms with Crippen molar-refractivity contribution in [3.63, 3.8) is 0 Å². The van der Waals surface area contributed by atoms with E-state index in [2.05, 4.69) is 5.32 Å². The Bertz CT molecular complexity index is 2410. The van der Waals surface area contributed by atoms with Crippen molar-refractivity contribution in [1.82, 2.24) is 10.2 Å². The molecular formula is C48H40N2O7S. The molecule has 6 aromatic rings. The van der Waals surface area contributed by atoms with Crippen LogP contribution >= 0.6 is 0 Å². The molecule has 8 rings (SSSR count). The normalized spacial score (nSPS) is 16.9. The Hall–Kier alpha value is -6.59. The van der Waals surface area contributed by atoms with E-state index < -0.39 is 45.9 Å². The van der Waals surface area contributed by atoms with E-state index in [-0.39, 0.29) is 22.8 Å². The van der Waals surface area contributed by atoms with E-state index in [1.807, 2.05) is 159 Å². The summed E-state index contributed by atoms with van der Waals surface area (Å²) in [6.45, 7) is 1.70. The average Bonchev–Trinajstić information content (AvgIpc) is 3.27. The molecule has 0 bridgehead atoms. The number of nitrogens with zero attached hydrogens (tertiary/aromatic N) is 1. The Labute approximate surface area is 338 Å². The molecule has 2 unspecified atom stereocenters. The molecule has 290 valence electrons. The van der Waals surface area contributed by atoms with Crippen LogP contribution in [0.25, 0.3) is 0 Å². The van der Waals surface area contributed by atoms with Gasteiger partial charge in [-0.05, 0) is 52.9 Å². The Morgan fingerprint density at radius 1 is 0.724 bits per heavy atom. The van der Waals surface area contributed by atoms with Crippen LogP contribution < -0.4 is 5.32 Å². The third kappa shape index (κ3) is 7.48. The minimum atomic E-state index is -4.19. The second-order valence-electron chi connectivity index (χ2n) is 14.0. The highest BCUT2D eigenvalue weighted by atomic mass is 32.2. The fourth-order valence-electron chi connectivity index (χ4n) is 7.50. The van der Waals surface area contributed by atoms with Gasteiger partial charge < -0.3 is 13.7 Å². The van der Waals surface area contributed by atoms with Crippen LogP contribution in [0.2, 0.25) is 0 Å². The molecule has 0 spiro atoms. The molecule has 2 atom stereocenters. The van der Waals surface area contributed by atoms with E-state index in [4.69, 9.17) is 13.7 Å². The number of amides is 1. The van der Waals surface area contributed by atoms with Crippen molar-refractivity contribution in [2.75, 3.05) is 6.61 Å². The van der Waals surface area contributed by atoms with Crippen molar-refractivity contribution in [2.24, 2.45) is 0 Å². The van der Waals surface area contributed by atoms with Crippen LogP contribution in [0.15, 0.2) is 204 Å². The monoisotopic (exact) mass is 788 g/mol. The molecule has 2 aliphatic heterocycles. The maximum Gasteiger partial charge on any atom is 0.356 e. The van der Waals surface area contributed by atoms with Crippen molar-refractivity contribution < 1.29 is 31.7 Å². The molecule has 2 heterocycles. The van der Waals surface area contributed by atoms with Crippen molar-refractivity contribution >= 4 is 22.0 Å². The largest absolute Gasteiger partial charge is 0.448 e. The molecule has 0 aromatic heterocycles. The third-order valence-corrected chi connectivity index (χ3v) is 11.6. The van der Waals surface area contributed by atoms with Crippen LogP contribution in [0.3, 0.4) is 0 Å². The molecule has 6 aromatic carbocycles. The van der Waals surface area contributed by atoms with E-state index in [1.165, 1.54) is 23.1 Å². The van der Waals surface area contributed by atoms with Gasteiger partial charge in [-0.15, -0.1) is 0 Å². The summed E-state index contributed by atoms with van der Waals surface area (Å²) in [6, 6.07) is 53.6. The Balaban J connectivity index is 1.18. The third-order valence-electron chi connectivity index (χ3n) is 10.4. The van der Waals surface area contributed by atoms with Crippen molar-refractivity contribution in [3.05, 3.63) is 233 Å². The Morgan fingerprint density at radius 2 is 1.19 bits per heavy atom. The quantitative estimate of drug-likeness (QED) is 0.0413. The molecular weight excluding hydrogens is 749 g/mol. The molecule has 0 radical (unpaired) electrons. The number of fused-ring (bicyclic) bond motifs is 1. The van der Waals surface area contributed by atoms with Crippen LogP contribution in [0.4, 0.5) is 0 Å². The van der Waals surface area contributed by atoms with E-state index >= 15 is 0 Å². The highest BCUT2D eigenvalue weighted by Gasteiger charge is 2.57. The van der Waals surface area contributed by atoms with Crippen LogP contribution in [0, 0.1) is 6.92 Å². The van der Waals surface area contributed by atoms with Gasteiger partial charge >= 0.3 is 16.1 Å². The number of hydrogen-bond acceptors (Lipinski definition) is 8. The van der Waals surface area contributed by atoms with Gasteiger partial charge in [0.05, 0.1) is 12.1 Å². The standard InChI is InChI=1S/C48H40N2O7S/c1-34-27-29-41(30-28-34)58(53,54)56-32-31-37-33-55-46-42(49-48(38-21-11-4-12-22-38,39-23-13-5-14-24-39)40-25-15-6-16-26-40)45(51)50(46)43(37)47(52)57-44(35-17-7-2-8-18-35)36-19-9-3-10-20-36/h2-32,42,44,46,49H,33H2,1H3. The predicted molar refractivity (Wildman–Crippen MR) is 219 cm³/mol. The molecule has 58 heavy (non-hydrogen) atoms. The number of esters is 1. The van der Waals surface area contributed by atoms with Crippen LogP contribution in [0.1, 0.15) is 39.5 Å². The van der Waals surface area contributed by atoms with Gasteiger partial charge in [0.2, 0.25) is 0 Å². The van der Waals surface area contributed by atoms with E-state index in [0.29, 0.717) is 0 Å². The molecule has 1 saturated heterocycles. The van der Waals surface area contributed by atoms with Crippen molar-refractivity contribution in [2.45, 2.75) is 35.7 Å². The minimum absolute atomic E-state index is 0.0320. The lowest BCUT2D eigenvalue weighted by molar-refractivity contribution is -0.186. The second-order valence-corrected chi connectivity index (χ2v) is 15.6. The molecule has 1 fully saturated rings. The zero-order chi connectivity index (χ0) is 40.1. The Morgan fingerprint density at radius 3 is 1.67 bits per heavy atom. The summed E-state index contributed by atoms with van der Waals surface area (Å²) in [5.41, 5.74) is 4.15. The number of carbonyl (C=O) groups is 2. The highest BCUT2D eigenvalue weighted by Crippen LogP contribution is 2.42. The summed E-state index contributed by atoms with van der Waals surface area (Å²) >= 11 is 0. The van der Waals surface area contributed by atoms with Crippen LogP contribution in [0.5, 0.6) is 0 Å². The molecule has 1 amide bonds. The smallest absolute Gasteiger partial charge is 0.356 e. The van der Waals surface area contributed by atoms with Crippen LogP contribution in [-0.2, 0) is 38.9 Å². The zero-order valence-electron chi connectivity index (χ0n) is 31.6. The van der Waals surface area contributed by atoms with Crippen molar-refractivity contribution in [1.29, 1.82) is 0 Å². The van der Waals surface area contributed by atoms with Crippen LogP contribution in [-0.4, -0.2) is 44.1 Å². The fraction of sp³-hybridized carbons (Fsp3) is 0.125. The van der Waals surface area contributed by atoms with E-state index in [1.54, 1.807) is 12.1 Å². The molecule has 1 N–H and O–H groups in total. The number of carbonyl (C=O) groups excluding carboxylic acids is 2. The van der Waals surface area contributed by atoms with Gasteiger partial charge in [0.15, 0.2) is 12.3 Å². The van der Waals surface area contributed by atoms with E-state index in [0.717, 1.165) is 39.6 Å². The molecule has 0 saturated carbocycles. The lowest BCUT2D eigenvalue weighted by Gasteiger charge is -2.52. The zero-order valence-corrected chi connectivity index (χ0v) is 32.4. The number of benzene rings is 6. The number of hydrogen-bond donors (Lipinski definition) is 1. The minimum Gasteiger partial charge on any atom is -0.448 e. The first-order valence-electron chi connectivity index (χ1n) is 18.9.